The Morgan fingerprint density at radius 2 is 2.10 bits per heavy atom. The third-order valence-electron chi connectivity index (χ3n) is 2.87. The van der Waals surface area contributed by atoms with Crippen LogP contribution in [-0.4, -0.2) is 25.7 Å². The number of hydrogen-bond acceptors (Lipinski definition) is 5. The maximum absolute atomic E-state index is 11.0. The van der Waals surface area contributed by atoms with Crippen LogP contribution in [0.15, 0.2) is 18.2 Å². The molecule has 0 aliphatic rings. The highest BCUT2D eigenvalue weighted by atomic mass is 35.7. The second kappa shape index (κ2) is 6.90. The van der Waals surface area contributed by atoms with Crippen LogP contribution in [0.2, 0.25) is 0 Å². The number of nitro benzene ring substituents is 1. The number of hydrogen-bond donors (Lipinski definition) is 0. The zero-order valence-corrected chi connectivity index (χ0v) is 12.8. The first-order valence-electron chi connectivity index (χ1n) is 6.03. The quantitative estimate of drug-likeness (QED) is 0.438. The fourth-order valence-electron chi connectivity index (χ4n) is 1.63. The molecule has 1 atom stereocenters. The van der Waals surface area contributed by atoms with Crippen molar-refractivity contribution in [3.63, 3.8) is 0 Å². The second-order valence-corrected chi connectivity index (χ2v) is 7.32. The minimum absolute atomic E-state index is 0.0661. The molecular formula is C12H16ClNO5S. The maximum Gasteiger partial charge on any atom is 0.273 e. The van der Waals surface area contributed by atoms with E-state index in [4.69, 9.17) is 15.4 Å². The lowest BCUT2D eigenvalue weighted by atomic mass is 10.1. The molecule has 0 aromatic heterocycles. The summed E-state index contributed by atoms with van der Waals surface area (Å²) in [5.41, 5.74) is 0.683. The van der Waals surface area contributed by atoms with Crippen LogP contribution >= 0.6 is 10.7 Å². The Morgan fingerprint density at radius 3 is 2.60 bits per heavy atom. The van der Waals surface area contributed by atoms with Gasteiger partial charge in [-0.15, -0.1) is 0 Å². The lowest BCUT2D eigenvalue weighted by Gasteiger charge is -2.15. The van der Waals surface area contributed by atoms with Gasteiger partial charge in [0, 0.05) is 22.7 Å². The Balaban J connectivity index is 2.77. The first-order chi connectivity index (χ1) is 9.23. The molecule has 1 aromatic rings. The number of ether oxygens (including phenoxy) is 1. The van der Waals surface area contributed by atoms with Crippen LogP contribution in [0.5, 0.6) is 5.75 Å². The Hall–Kier alpha value is -1.34. The Bertz CT molecular complexity index is 588. The molecule has 0 aliphatic carbocycles. The normalized spacial score (nSPS) is 12.9. The molecule has 0 saturated heterocycles. The molecule has 1 rings (SSSR count). The summed E-state index contributed by atoms with van der Waals surface area (Å²) in [6.45, 7) is 3.74. The number of non-ortho nitro benzene ring substituents is 1. The number of halogens is 1. The van der Waals surface area contributed by atoms with Gasteiger partial charge in [-0.3, -0.25) is 10.1 Å². The van der Waals surface area contributed by atoms with Crippen molar-refractivity contribution >= 4 is 25.4 Å². The summed E-state index contributed by atoms with van der Waals surface area (Å²) in [6, 6.07) is 4.31. The van der Waals surface area contributed by atoms with E-state index >= 15 is 0 Å². The zero-order chi connectivity index (χ0) is 15.3. The topological polar surface area (TPSA) is 86.5 Å². The lowest BCUT2D eigenvalue weighted by Crippen LogP contribution is -2.19. The molecule has 1 unspecified atom stereocenters. The minimum Gasteiger partial charge on any atom is -0.493 e. The summed E-state index contributed by atoms with van der Waals surface area (Å²) in [7, 11) is 1.63. The average molecular weight is 322 g/mol. The van der Waals surface area contributed by atoms with Crippen LogP contribution in [-0.2, 0) is 9.05 Å². The van der Waals surface area contributed by atoms with Gasteiger partial charge in [-0.25, -0.2) is 8.42 Å². The van der Waals surface area contributed by atoms with E-state index in [9.17, 15) is 18.5 Å². The molecule has 0 saturated carbocycles. The van der Waals surface area contributed by atoms with Gasteiger partial charge in [-0.05, 0) is 25.0 Å². The third kappa shape index (κ3) is 5.34. The molecule has 0 fully saturated rings. The minimum atomic E-state index is -3.59. The Labute approximate surface area is 122 Å². The molecule has 1 aromatic carbocycles. The van der Waals surface area contributed by atoms with Gasteiger partial charge in [-0.1, -0.05) is 6.92 Å². The van der Waals surface area contributed by atoms with Crippen molar-refractivity contribution in [2.45, 2.75) is 20.3 Å². The smallest absolute Gasteiger partial charge is 0.273 e. The molecule has 8 heteroatoms. The van der Waals surface area contributed by atoms with Gasteiger partial charge >= 0.3 is 0 Å². The van der Waals surface area contributed by atoms with Gasteiger partial charge in [0.05, 0.1) is 23.3 Å². The van der Waals surface area contributed by atoms with Crippen LogP contribution in [0.3, 0.4) is 0 Å². The van der Waals surface area contributed by atoms with Crippen molar-refractivity contribution in [2.24, 2.45) is 5.92 Å². The van der Waals surface area contributed by atoms with Gasteiger partial charge < -0.3 is 4.74 Å². The molecule has 20 heavy (non-hydrogen) atoms. The lowest BCUT2D eigenvalue weighted by molar-refractivity contribution is -0.385. The van der Waals surface area contributed by atoms with Crippen molar-refractivity contribution in [2.75, 3.05) is 12.4 Å². The third-order valence-corrected chi connectivity index (χ3v) is 4.12. The van der Waals surface area contributed by atoms with E-state index in [1.165, 1.54) is 12.1 Å². The average Bonchev–Trinajstić information content (AvgIpc) is 2.34. The Kier molecular flexibility index (Phi) is 5.76. The van der Waals surface area contributed by atoms with Gasteiger partial charge in [0.25, 0.3) is 5.69 Å². The first-order valence-corrected chi connectivity index (χ1v) is 8.51. The molecule has 112 valence electrons. The highest BCUT2D eigenvalue weighted by Gasteiger charge is 2.17. The summed E-state index contributed by atoms with van der Waals surface area (Å²) < 4.78 is 27.6. The number of nitro groups is 1. The number of benzene rings is 1. The van der Waals surface area contributed by atoms with Crippen LogP contribution < -0.4 is 4.74 Å². The molecule has 0 radical (unpaired) electrons. The first kappa shape index (κ1) is 16.7. The largest absolute Gasteiger partial charge is 0.493 e. The number of aryl methyl sites for hydroxylation is 1. The van der Waals surface area contributed by atoms with Gasteiger partial charge in [0.15, 0.2) is 0 Å². The van der Waals surface area contributed by atoms with Crippen LogP contribution in [0.1, 0.15) is 18.9 Å². The van der Waals surface area contributed by atoms with Crippen molar-refractivity contribution in [3.05, 3.63) is 33.9 Å². The van der Waals surface area contributed by atoms with E-state index in [2.05, 4.69) is 0 Å². The van der Waals surface area contributed by atoms with E-state index in [-0.39, 0.29) is 24.0 Å². The molecule has 0 aliphatic heterocycles. The highest BCUT2D eigenvalue weighted by Crippen LogP contribution is 2.25. The molecule has 0 amide bonds. The van der Waals surface area contributed by atoms with Crippen LogP contribution in [0.4, 0.5) is 5.69 Å². The fraction of sp³-hybridized carbons (Fsp3) is 0.500. The van der Waals surface area contributed by atoms with Crippen molar-refractivity contribution < 1.29 is 18.1 Å². The van der Waals surface area contributed by atoms with Gasteiger partial charge in [0.1, 0.15) is 5.75 Å². The van der Waals surface area contributed by atoms with Crippen molar-refractivity contribution in [3.8, 4) is 5.75 Å². The summed E-state index contributed by atoms with van der Waals surface area (Å²) in [5, 5.41) is 10.7. The summed E-state index contributed by atoms with van der Waals surface area (Å²) in [6.07, 6.45) is 0.583. The predicted molar refractivity (Wildman–Crippen MR) is 76.7 cm³/mol. The van der Waals surface area contributed by atoms with Gasteiger partial charge in [-0.2, -0.15) is 0 Å². The Morgan fingerprint density at radius 1 is 1.45 bits per heavy atom. The van der Waals surface area contributed by atoms with E-state index < -0.39 is 14.0 Å². The molecule has 6 nitrogen and oxygen atoms in total. The zero-order valence-electron chi connectivity index (χ0n) is 11.2. The summed E-state index contributed by atoms with van der Waals surface area (Å²) >= 11 is 0. The standard InChI is InChI=1S/C12H16ClNO5S/c1-3-10(8-20(13,17)18)7-19-12-6-11(14(15)16)5-4-9(12)2/h4-6,10H,3,7-8H2,1-2H3. The van der Waals surface area contributed by atoms with Crippen LogP contribution in [0.25, 0.3) is 0 Å². The molecule has 0 N–H and O–H groups in total. The van der Waals surface area contributed by atoms with E-state index in [0.717, 1.165) is 5.56 Å². The van der Waals surface area contributed by atoms with Crippen molar-refractivity contribution in [1.82, 2.24) is 0 Å². The number of rotatable bonds is 7. The van der Waals surface area contributed by atoms with Crippen molar-refractivity contribution in [1.29, 1.82) is 0 Å². The SMILES string of the molecule is CCC(COc1cc([N+](=O)[O-])ccc1C)CS(=O)(=O)Cl. The molecule has 0 heterocycles. The van der Waals surface area contributed by atoms with Gasteiger partial charge in [0.2, 0.25) is 9.05 Å². The fourth-order valence-corrected chi connectivity index (χ4v) is 3.06. The monoisotopic (exact) mass is 321 g/mol. The van der Waals surface area contributed by atoms with E-state index in [1.807, 2.05) is 6.92 Å². The van der Waals surface area contributed by atoms with Crippen LogP contribution in [0, 0.1) is 23.0 Å². The van der Waals surface area contributed by atoms with E-state index in [1.54, 1.807) is 13.0 Å². The summed E-state index contributed by atoms with van der Waals surface area (Å²) in [4.78, 5) is 10.2. The molecular weight excluding hydrogens is 306 g/mol. The molecule has 0 spiro atoms. The van der Waals surface area contributed by atoms with E-state index in [0.29, 0.717) is 12.2 Å². The number of nitrogens with zero attached hydrogens (tertiary/aromatic N) is 1. The summed E-state index contributed by atoms with van der Waals surface area (Å²) in [5.74, 6) is -0.0558. The maximum atomic E-state index is 11.0. The predicted octanol–water partition coefficient (Wildman–Crippen LogP) is 2.88. The molecule has 0 bridgehead atoms. The second-order valence-electron chi connectivity index (χ2n) is 4.50. The highest BCUT2D eigenvalue weighted by molar-refractivity contribution is 8.13.